The molecule has 0 atom stereocenters. The van der Waals surface area contributed by atoms with Crippen LogP contribution in [-0.4, -0.2) is 61.9 Å². The minimum absolute atomic E-state index is 0.0149. The largest absolute Gasteiger partial charge is 0.378 e. The number of hydrogen-bond acceptors (Lipinski definition) is 3. The van der Waals surface area contributed by atoms with Crippen molar-refractivity contribution in [1.82, 2.24) is 9.80 Å². The van der Waals surface area contributed by atoms with E-state index in [9.17, 15) is 9.59 Å². The lowest BCUT2D eigenvalue weighted by Crippen LogP contribution is -2.37. The molecular weight excluding hydrogens is 362 g/mol. The molecule has 0 spiro atoms. The fourth-order valence-electron chi connectivity index (χ4n) is 3.18. The van der Waals surface area contributed by atoms with Crippen molar-refractivity contribution in [3.63, 3.8) is 0 Å². The number of halogens is 1. The van der Waals surface area contributed by atoms with Crippen LogP contribution in [0.5, 0.6) is 0 Å². The maximum atomic E-state index is 12.8. The first-order chi connectivity index (χ1) is 13.0. The summed E-state index contributed by atoms with van der Waals surface area (Å²) < 4.78 is 0. The van der Waals surface area contributed by atoms with Crippen molar-refractivity contribution < 1.29 is 9.59 Å². The van der Waals surface area contributed by atoms with Crippen molar-refractivity contribution in [1.29, 1.82) is 0 Å². The molecule has 0 aliphatic carbocycles. The molecule has 0 radical (unpaired) electrons. The predicted molar refractivity (Wildman–Crippen MR) is 109 cm³/mol. The first kappa shape index (κ1) is 19.2. The minimum Gasteiger partial charge on any atom is -0.378 e. The maximum Gasteiger partial charge on any atom is 0.253 e. The number of carbonyl (C=O) groups excluding carboxylic acids is 2. The Bertz CT molecular complexity index is 803. The molecule has 0 unspecified atom stereocenters. The Kier molecular flexibility index (Phi) is 6.01. The quantitative estimate of drug-likeness (QED) is 0.813. The van der Waals surface area contributed by atoms with Crippen LogP contribution in [-0.2, 0) is 0 Å². The van der Waals surface area contributed by atoms with E-state index in [1.165, 1.54) is 0 Å². The topological polar surface area (TPSA) is 43.9 Å². The molecule has 2 aromatic carbocycles. The summed E-state index contributed by atoms with van der Waals surface area (Å²) in [6.07, 6.45) is 0.765. The van der Waals surface area contributed by atoms with Gasteiger partial charge in [0, 0.05) is 62.1 Å². The van der Waals surface area contributed by atoms with Crippen LogP contribution in [0.15, 0.2) is 48.5 Å². The summed E-state index contributed by atoms with van der Waals surface area (Å²) in [5.74, 6) is -0.00241. The van der Waals surface area contributed by atoms with Gasteiger partial charge in [0.05, 0.1) is 0 Å². The molecule has 5 nitrogen and oxygen atoms in total. The van der Waals surface area contributed by atoms with E-state index in [4.69, 9.17) is 11.6 Å². The van der Waals surface area contributed by atoms with E-state index < -0.39 is 0 Å². The number of amides is 2. The molecule has 27 heavy (non-hydrogen) atoms. The number of carbonyl (C=O) groups is 2. The van der Waals surface area contributed by atoms with Gasteiger partial charge in [-0.15, -0.1) is 0 Å². The summed E-state index contributed by atoms with van der Waals surface area (Å²) in [7, 11) is 3.94. The highest BCUT2D eigenvalue weighted by Crippen LogP contribution is 2.16. The van der Waals surface area contributed by atoms with Crippen molar-refractivity contribution >= 4 is 29.1 Å². The standard InChI is InChI=1S/C21H24ClN3O2/c1-23(2)19-10-6-17(7-11-19)21(27)25-13-3-12-24(14-15-25)20(26)16-4-8-18(22)9-5-16/h4-11H,3,12-15H2,1-2H3. The fraction of sp³-hybridized carbons (Fsp3) is 0.333. The monoisotopic (exact) mass is 385 g/mol. The molecule has 1 saturated heterocycles. The molecule has 1 aliphatic rings. The van der Waals surface area contributed by atoms with E-state index in [0.717, 1.165) is 12.1 Å². The van der Waals surface area contributed by atoms with Gasteiger partial charge in [-0.25, -0.2) is 0 Å². The lowest BCUT2D eigenvalue weighted by atomic mass is 10.1. The van der Waals surface area contributed by atoms with Gasteiger partial charge >= 0.3 is 0 Å². The Morgan fingerprint density at radius 3 is 1.67 bits per heavy atom. The average molecular weight is 386 g/mol. The average Bonchev–Trinajstić information content (AvgIpc) is 2.94. The number of rotatable bonds is 3. The summed E-state index contributed by atoms with van der Waals surface area (Å²) in [4.78, 5) is 31.1. The summed E-state index contributed by atoms with van der Waals surface area (Å²) in [5, 5.41) is 0.611. The highest BCUT2D eigenvalue weighted by molar-refractivity contribution is 6.30. The normalized spacial score (nSPS) is 14.6. The summed E-state index contributed by atoms with van der Waals surface area (Å²) >= 11 is 5.90. The van der Waals surface area contributed by atoms with Gasteiger partial charge in [-0.2, -0.15) is 0 Å². The highest BCUT2D eigenvalue weighted by atomic mass is 35.5. The molecule has 2 amide bonds. The molecule has 1 fully saturated rings. The molecule has 2 aromatic rings. The molecular formula is C21H24ClN3O2. The first-order valence-electron chi connectivity index (χ1n) is 9.07. The van der Waals surface area contributed by atoms with Gasteiger partial charge in [-0.05, 0) is 55.0 Å². The van der Waals surface area contributed by atoms with Crippen LogP contribution in [0, 0.1) is 0 Å². The fourth-order valence-corrected chi connectivity index (χ4v) is 3.31. The second kappa shape index (κ2) is 8.44. The summed E-state index contributed by atoms with van der Waals surface area (Å²) in [6, 6.07) is 14.5. The van der Waals surface area contributed by atoms with Crippen LogP contribution >= 0.6 is 11.6 Å². The van der Waals surface area contributed by atoms with E-state index in [2.05, 4.69) is 0 Å². The molecule has 0 saturated carbocycles. The second-order valence-corrected chi connectivity index (χ2v) is 7.32. The molecule has 6 heteroatoms. The third kappa shape index (κ3) is 4.61. The smallest absolute Gasteiger partial charge is 0.253 e. The molecule has 0 aromatic heterocycles. The Labute approximate surface area is 165 Å². The number of benzene rings is 2. The predicted octanol–water partition coefficient (Wildman–Crippen LogP) is 3.39. The van der Waals surface area contributed by atoms with Crippen molar-refractivity contribution in [2.24, 2.45) is 0 Å². The summed E-state index contributed by atoms with van der Waals surface area (Å²) in [5.41, 5.74) is 2.36. The molecule has 142 valence electrons. The number of nitrogens with zero attached hydrogens (tertiary/aromatic N) is 3. The SMILES string of the molecule is CN(C)c1ccc(C(=O)N2CCCN(C(=O)c3ccc(Cl)cc3)CC2)cc1. The van der Waals surface area contributed by atoms with Gasteiger partial charge in [-0.1, -0.05) is 11.6 Å². The number of anilines is 1. The van der Waals surface area contributed by atoms with Crippen LogP contribution in [0.1, 0.15) is 27.1 Å². The molecule has 1 heterocycles. The van der Waals surface area contributed by atoms with Gasteiger partial charge in [0.2, 0.25) is 0 Å². The Balaban J connectivity index is 1.64. The van der Waals surface area contributed by atoms with Crippen LogP contribution in [0.3, 0.4) is 0 Å². The number of hydrogen-bond donors (Lipinski definition) is 0. The highest BCUT2D eigenvalue weighted by Gasteiger charge is 2.23. The van der Waals surface area contributed by atoms with Gasteiger partial charge < -0.3 is 14.7 Å². The van der Waals surface area contributed by atoms with Crippen molar-refractivity contribution in [3.05, 3.63) is 64.7 Å². The van der Waals surface area contributed by atoms with Crippen molar-refractivity contribution in [2.45, 2.75) is 6.42 Å². The molecule has 0 N–H and O–H groups in total. The first-order valence-corrected chi connectivity index (χ1v) is 9.45. The van der Waals surface area contributed by atoms with E-state index in [1.54, 1.807) is 24.3 Å². The van der Waals surface area contributed by atoms with Gasteiger partial charge in [0.25, 0.3) is 11.8 Å². The van der Waals surface area contributed by atoms with Crippen LogP contribution in [0.4, 0.5) is 5.69 Å². The van der Waals surface area contributed by atoms with Gasteiger partial charge in [-0.3, -0.25) is 9.59 Å². The van der Waals surface area contributed by atoms with Gasteiger partial charge in [0.15, 0.2) is 0 Å². The van der Waals surface area contributed by atoms with E-state index in [-0.39, 0.29) is 11.8 Å². The van der Waals surface area contributed by atoms with E-state index in [0.29, 0.717) is 42.3 Å². The van der Waals surface area contributed by atoms with Crippen LogP contribution < -0.4 is 4.90 Å². The lowest BCUT2D eigenvalue weighted by molar-refractivity contribution is 0.0719. The third-order valence-corrected chi connectivity index (χ3v) is 5.04. The minimum atomic E-state index is -0.0173. The third-order valence-electron chi connectivity index (χ3n) is 4.79. The lowest BCUT2D eigenvalue weighted by Gasteiger charge is -2.22. The molecule has 1 aliphatic heterocycles. The summed E-state index contributed by atoms with van der Waals surface area (Å²) in [6.45, 7) is 2.36. The Morgan fingerprint density at radius 2 is 1.22 bits per heavy atom. The molecule has 3 rings (SSSR count). The zero-order chi connectivity index (χ0) is 19.4. The van der Waals surface area contributed by atoms with Crippen molar-refractivity contribution in [2.75, 3.05) is 45.2 Å². The van der Waals surface area contributed by atoms with E-state index >= 15 is 0 Å². The van der Waals surface area contributed by atoms with Gasteiger partial charge in [0.1, 0.15) is 0 Å². The van der Waals surface area contributed by atoms with Crippen LogP contribution in [0.2, 0.25) is 5.02 Å². The van der Waals surface area contributed by atoms with E-state index in [1.807, 2.05) is 53.1 Å². The maximum absolute atomic E-state index is 12.8. The Hall–Kier alpha value is -2.53. The molecule has 0 bridgehead atoms. The zero-order valence-electron chi connectivity index (χ0n) is 15.7. The van der Waals surface area contributed by atoms with Crippen molar-refractivity contribution in [3.8, 4) is 0 Å². The Morgan fingerprint density at radius 1 is 0.778 bits per heavy atom. The van der Waals surface area contributed by atoms with Crippen LogP contribution in [0.25, 0.3) is 0 Å². The zero-order valence-corrected chi connectivity index (χ0v) is 16.4. The second-order valence-electron chi connectivity index (χ2n) is 6.89.